The minimum absolute atomic E-state index is 0.112. The molecule has 3 aromatic carbocycles. The van der Waals surface area contributed by atoms with Crippen LogP contribution in [0.1, 0.15) is 58.8 Å². The van der Waals surface area contributed by atoms with Crippen LogP contribution >= 0.6 is 30.5 Å². The van der Waals surface area contributed by atoms with Crippen molar-refractivity contribution in [2.24, 2.45) is 5.41 Å². The standard InChI is InChI=1S/C36H37ClF2N3O7PS/c1-35(2,3)31(40-32(43)30-18-24-15-25(11-12-29(24)51-30)36(38,39)50(46,47)48)34(45)42-19-23-8-5-4-7-21(23)17-27(42)33(44)41-13-14-49-28(20-41)22-9-6-10-26(37)16-22/h4-12,15-16,18,27-28,31H,13-14,17,19-20H2,1-3H3,(H,40,43)(H2,46,47,48)/t27-,28?,31+/m0/s1. The Hall–Kier alpha value is -3.71. The predicted molar refractivity (Wildman–Crippen MR) is 190 cm³/mol. The van der Waals surface area contributed by atoms with Gasteiger partial charge in [0.25, 0.3) is 5.91 Å². The second-order valence-electron chi connectivity index (χ2n) is 13.9. The van der Waals surface area contributed by atoms with E-state index in [-0.39, 0.29) is 35.7 Å². The number of carbonyl (C=O) groups is 3. The molecule has 3 atom stereocenters. The first-order valence-electron chi connectivity index (χ1n) is 16.3. The average Bonchev–Trinajstić information content (AvgIpc) is 3.52. The van der Waals surface area contributed by atoms with Crippen LogP contribution in [0.15, 0.2) is 72.8 Å². The number of alkyl halides is 2. The molecule has 1 fully saturated rings. The van der Waals surface area contributed by atoms with Crippen LogP contribution in [0.4, 0.5) is 8.78 Å². The lowest BCUT2D eigenvalue weighted by Crippen LogP contribution is -2.61. The number of ether oxygens (including phenoxy) is 1. The van der Waals surface area contributed by atoms with Crippen molar-refractivity contribution in [3.8, 4) is 0 Å². The summed E-state index contributed by atoms with van der Waals surface area (Å²) in [5.41, 5.74) is -3.43. The highest BCUT2D eigenvalue weighted by molar-refractivity contribution is 7.52. The number of nitrogens with zero attached hydrogens (tertiary/aromatic N) is 2. The van der Waals surface area contributed by atoms with E-state index in [1.807, 2.05) is 36.4 Å². The van der Waals surface area contributed by atoms with E-state index in [1.54, 1.807) is 37.8 Å². The zero-order valence-corrected chi connectivity index (χ0v) is 30.5. The molecule has 15 heteroatoms. The highest BCUT2D eigenvalue weighted by Crippen LogP contribution is 2.59. The molecule has 4 aromatic rings. The number of benzene rings is 3. The summed E-state index contributed by atoms with van der Waals surface area (Å²) in [5, 5.41) is 3.59. The maximum absolute atomic E-state index is 14.6. The van der Waals surface area contributed by atoms with Gasteiger partial charge in [0.15, 0.2) is 0 Å². The number of morpholine rings is 1. The van der Waals surface area contributed by atoms with Gasteiger partial charge in [-0.3, -0.25) is 18.9 Å². The second kappa shape index (κ2) is 14.0. The van der Waals surface area contributed by atoms with Crippen LogP contribution in [0, 0.1) is 5.41 Å². The summed E-state index contributed by atoms with van der Waals surface area (Å²) >= 11 is 7.21. The minimum Gasteiger partial charge on any atom is -0.370 e. The Morgan fingerprint density at radius 3 is 2.43 bits per heavy atom. The summed E-state index contributed by atoms with van der Waals surface area (Å²) in [7, 11) is -5.79. The molecular formula is C36H37ClF2N3O7PS. The van der Waals surface area contributed by atoms with Crippen LogP contribution in [0.25, 0.3) is 10.1 Å². The lowest BCUT2D eigenvalue weighted by atomic mass is 9.84. The first-order valence-corrected chi connectivity index (χ1v) is 19.1. The van der Waals surface area contributed by atoms with E-state index >= 15 is 0 Å². The molecule has 0 aliphatic carbocycles. The Kier molecular flexibility index (Phi) is 10.2. The fourth-order valence-electron chi connectivity index (χ4n) is 6.47. The number of hydrogen-bond acceptors (Lipinski definition) is 6. The number of rotatable bonds is 7. The minimum atomic E-state index is -5.79. The molecule has 270 valence electrons. The van der Waals surface area contributed by atoms with Gasteiger partial charge >= 0.3 is 13.3 Å². The van der Waals surface area contributed by atoms with Crippen molar-refractivity contribution >= 4 is 58.3 Å². The first kappa shape index (κ1) is 37.1. The lowest BCUT2D eigenvalue weighted by Gasteiger charge is -2.43. The van der Waals surface area contributed by atoms with Crippen molar-refractivity contribution in [1.29, 1.82) is 0 Å². The highest BCUT2D eigenvalue weighted by Gasteiger charge is 2.50. The second-order valence-corrected chi connectivity index (χ2v) is 17.0. The van der Waals surface area contributed by atoms with E-state index < -0.39 is 54.2 Å². The Morgan fingerprint density at radius 2 is 1.75 bits per heavy atom. The quantitative estimate of drug-likeness (QED) is 0.184. The number of halogens is 3. The Labute approximate surface area is 302 Å². The molecule has 1 aromatic heterocycles. The molecule has 0 spiro atoms. The summed E-state index contributed by atoms with van der Waals surface area (Å²) in [6, 6.07) is 17.4. The number of hydrogen-bond donors (Lipinski definition) is 3. The maximum Gasteiger partial charge on any atom is 0.399 e. The van der Waals surface area contributed by atoms with Crippen molar-refractivity contribution in [2.45, 2.75) is 57.6 Å². The van der Waals surface area contributed by atoms with Gasteiger partial charge in [-0.05, 0) is 57.8 Å². The topological polar surface area (TPSA) is 136 Å². The molecule has 3 amide bonds. The molecule has 3 N–H and O–H groups in total. The molecule has 1 unspecified atom stereocenters. The van der Waals surface area contributed by atoms with Crippen molar-refractivity contribution in [3.05, 3.63) is 105 Å². The van der Waals surface area contributed by atoms with Gasteiger partial charge in [-0.1, -0.05) is 74.8 Å². The van der Waals surface area contributed by atoms with E-state index in [1.165, 1.54) is 17.0 Å². The van der Waals surface area contributed by atoms with E-state index in [0.717, 1.165) is 40.2 Å². The molecule has 2 aliphatic rings. The monoisotopic (exact) mass is 759 g/mol. The SMILES string of the molecule is CC(C)(C)[C@H](NC(=O)c1cc2cc(C(F)(F)P(=O)(O)O)ccc2s1)C(=O)N1Cc2ccccc2C[C@H]1C(=O)N1CCOC(c2cccc(Cl)c2)C1. The lowest BCUT2D eigenvalue weighted by molar-refractivity contribution is -0.153. The van der Waals surface area contributed by atoms with Crippen LogP contribution < -0.4 is 5.32 Å². The Balaban J connectivity index is 1.27. The van der Waals surface area contributed by atoms with E-state index in [9.17, 15) is 37.5 Å². The summed E-state index contributed by atoms with van der Waals surface area (Å²) < 4.78 is 46.7. The van der Waals surface area contributed by atoms with Gasteiger partial charge in [-0.15, -0.1) is 11.3 Å². The first-order chi connectivity index (χ1) is 23.9. The zero-order chi connectivity index (χ0) is 36.9. The smallest absolute Gasteiger partial charge is 0.370 e. The van der Waals surface area contributed by atoms with Crippen molar-refractivity contribution < 1.29 is 42.3 Å². The molecule has 10 nitrogen and oxygen atoms in total. The van der Waals surface area contributed by atoms with Crippen LogP contribution in [0.2, 0.25) is 5.02 Å². The summed E-state index contributed by atoms with van der Waals surface area (Å²) in [6.07, 6.45) is -0.119. The number of fused-ring (bicyclic) bond motifs is 2. The third kappa shape index (κ3) is 7.60. The van der Waals surface area contributed by atoms with Gasteiger partial charge in [-0.25, -0.2) is 0 Å². The maximum atomic E-state index is 14.6. The molecule has 1 saturated heterocycles. The van der Waals surface area contributed by atoms with Gasteiger partial charge in [0, 0.05) is 34.8 Å². The predicted octanol–water partition coefficient (Wildman–Crippen LogP) is 6.48. The van der Waals surface area contributed by atoms with E-state index in [2.05, 4.69) is 5.32 Å². The Bertz CT molecular complexity index is 2050. The average molecular weight is 760 g/mol. The number of carbonyl (C=O) groups excluding carboxylic acids is 3. The van der Waals surface area contributed by atoms with Crippen LogP contribution in [0.5, 0.6) is 0 Å². The number of amides is 3. The van der Waals surface area contributed by atoms with Crippen molar-refractivity contribution in [2.75, 3.05) is 19.7 Å². The van der Waals surface area contributed by atoms with Crippen molar-refractivity contribution in [3.63, 3.8) is 0 Å². The van der Waals surface area contributed by atoms with E-state index in [0.29, 0.717) is 22.9 Å². The molecule has 6 rings (SSSR count). The summed E-state index contributed by atoms with van der Waals surface area (Å²) in [5.74, 6) is -1.32. The molecule has 3 heterocycles. The third-order valence-corrected chi connectivity index (χ3v) is 11.6. The fourth-order valence-corrected chi connectivity index (χ4v) is 8.09. The third-order valence-electron chi connectivity index (χ3n) is 9.26. The van der Waals surface area contributed by atoms with Gasteiger partial charge in [-0.2, -0.15) is 8.78 Å². The summed E-state index contributed by atoms with van der Waals surface area (Å²) in [4.78, 5) is 64.4. The van der Waals surface area contributed by atoms with Crippen molar-refractivity contribution in [1.82, 2.24) is 15.1 Å². The van der Waals surface area contributed by atoms with Gasteiger partial charge in [0.2, 0.25) is 11.8 Å². The molecule has 0 bridgehead atoms. The molecule has 2 aliphatic heterocycles. The van der Waals surface area contributed by atoms with E-state index in [4.69, 9.17) is 16.3 Å². The van der Waals surface area contributed by atoms with Gasteiger partial charge in [0.05, 0.1) is 18.0 Å². The Morgan fingerprint density at radius 1 is 1.02 bits per heavy atom. The molecule has 51 heavy (non-hydrogen) atoms. The largest absolute Gasteiger partial charge is 0.399 e. The van der Waals surface area contributed by atoms with Crippen LogP contribution in [-0.2, 0) is 37.5 Å². The molecular weight excluding hydrogens is 723 g/mol. The molecule has 0 saturated carbocycles. The number of nitrogens with one attached hydrogen (secondary N) is 1. The number of thiophene rings is 1. The van der Waals surface area contributed by atoms with Crippen LogP contribution in [-0.4, -0.2) is 69.1 Å². The van der Waals surface area contributed by atoms with Gasteiger partial charge < -0.3 is 29.6 Å². The zero-order valence-electron chi connectivity index (χ0n) is 28.0. The highest BCUT2D eigenvalue weighted by atomic mass is 35.5. The fraction of sp³-hybridized carbons (Fsp3) is 0.361. The molecule has 0 radical (unpaired) electrons. The van der Waals surface area contributed by atoms with Gasteiger partial charge in [0.1, 0.15) is 18.2 Å². The summed E-state index contributed by atoms with van der Waals surface area (Å²) in [6.45, 7) is 6.44. The normalized spacial score (nSPS) is 19.1. The van der Waals surface area contributed by atoms with Crippen LogP contribution in [0.3, 0.4) is 0 Å².